The lowest BCUT2D eigenvalue weighted by Crippen LogP contribution is -2.26. The fraction of sp³-hybridized carbons (Fsp3) is 0.0833. The van der Waals surface area contributed by atoms with Crippen molar-refractivity contribution in [2.24, 2.45) is 0 Å². The zero-order valence-corrected chi connectivity index (χ0v) is 9.61. The van der Waals surface area contributed by atoms with Gasteiger partial charge in [0.15, 0.2) is 0 Å². The molecule has 0 fully saturated rings. The molecule has 0 atom stereocenters. The number of thiophene rings is 1. The molecule has 1 heterocycles. The van der Waals surface area contributed by atoms with Gasteiger partial charge in [0.25, 0.3) is 0 Å². The summed E-state index contributed by atoms with van der Waals surface area (Å²) >= 11 is 0.695. The van der Waals surface area contributed by atoms with E-state index in [0.29, 0.717) is 23.5 Å². The van der Waals surface area contributed by atoms with Crippen LogP contribution in [-0.2, 0) is 5.92 Å². The van der Waals surface area contributed by atoms with E-state index in [1.54, 1.807) is 0 Å². The summed E-state index contributed by atoms with van der Waals surface area (Å²) in [6, 6.07) is 4.33. The van der Waals surface area contributed by atoms with Crippen LogP contribution in [0.2, 0.25) is 0 Å². The average Bonchev–Trinajstić information content (AvgIpc) is 2.82. The van der Waals surface area contributed by atoms with E-state index < -0.39 is 33.8 Å². The van der Waals surface area contributed by atoms with E-state index >= 15 is 0 Å². The van der Waals surface area contributed by atoms with Crippen LogP contribution in [0.15, 0.2) is 35.7 Å². The second-order valence-corrected chi connectivity index (χ2v) is 4.45. The molecule has 0 aliphatic carbocycles. The van der Waals surface area contributed by atoms with Gasteiger partial charge in [0.1, 0.15) is 11.6 Å². The normalized spacial score (nSPS) is 11.6. The molecule has 0 aliphatic heterocycles. The molecule has 2 aromatic rings. The van der Waals surface area contributed by atoms with Crippen LogP contribution in [0.3, 0.4) is 0 Å². The molecule has 0 saturated carbocycles. The van der Waals surface area contributed by atoms with Gasteiger partial charge in [-0.1, -0.05) is 6.07 Å². The Balaban J connectivity index is 2.42. The number of hydrogen-bond donors (Lipinski definition) is 0. The van der Waals surface area contributed by atoms with Crippen LogP contribution in [0.4, 0.5) is 17.6 Å². The second-order valence-electron chi connectivity index (χ2n) is 3.50. The van der Waals surface area contributed by atoms with Crippen LogP contribution in [0.1, 0.15) is 15.2 Å². The van der Waals surface area contributed by atoms with Gasteiger partial charge < -0.3 is 0 Å². The number of ketones is 1. The summed E-state index contributed by atoms with van der Waals surface area (Å²) < 4.78 is 53.4. The van der Waals surface area contributed by atoms with Gasteiger partial charge in [0.05, 0.1) is 10.4 Å². The maximum absolute atomic E-state index is 13.7. The van der Waals surface area contributed by atoms with E-state index in [1.165, 1.54) is 11.4 Å². The molecular weight excluding hydrogens is 268 g/mol. The molecule has 0 amide bonds. The van der Waals surface area contributed by atoms with E-state index in [0.717, 1.165) is 12.1 Å². The van der Waals surface area contributed by atoms with E-state index in [1.807, 2.05) is 0 Å². The number of hydrogen-bond acceptors (Lipinski definition) is 2. The number of benzene rings is 1. The Labute approximate surface area is 104 Å². The number of Topliss-reactive ketones (excluding diaryl/α,β-unsaturated/α-hetero) is 1. The number of carbonyl (C=O) groups excluding carboxylic acids is 1. The summed E-state index contributed by atoms with van der Waals surface area (Å²) in [6.45, 7) is 0. The van der Waals surface area contributed by atoms with E-state index in [9.17, 15) is 22.4 Å². The third-order valence-corrected chi connectivity index (χ3v) is 3.23. The van der Waals surface area contributed by atoms with Crippen molar-refractivity contribution >= 4 is 17.1 Å². The van der Waals surface area contributed by atoms with Crippen molar-refractivity contribution in [2.75, 3.05) is 0 Å². The molecule has 94 valence electrons. The van der Waals surface area contributed by atoms with Crippen molar-refractivity contribution < 1.29 is 22.4 Å². The molecule has 18 heavy (non-hydrogen) atoms. The highest BCUT2D eigenvalue weighted by Gasteiger charge is 2.43. The van der Waals surface area contributed by atoms with Crippen LogP contribution >= 0.6 is 11.3 Å². The second kappa shape index (κ2) is 4.53. The lowest BCUT2D eigenvalue weighted by atomic mass is 10.0. The van der Waals surface area contributed by atoms with Crippen molar-refractivity contribution in [3.8, 4) is 0 Å². The predicted octanol–water partition coefficient (Wildman–Crippen LogP) is 4.00. The maximum Gasteiger partial charge on any atom is 0.343 e. The zero-order valence-electron chi connectivity index (χ0n) is 8.79. The summed E-state index contributed by atoms with van der Waals surface area (Å²) in [5.41, 5.74) is -0.824. The molecule has 2 rings (SSSR count). The van der Waals surface area contributed by atoms with Gasteiger partial charge in [-0.3, -0.25) is 4.79 Å². The monoisotopic (exact) mass is 274 g/mol. The Kier molecular flexibility index (Phi) is 3.21. The summed E-state index contributed by atoms with van der Waals surface area (Å²) in [7, 11) is 0. The molecular formula is C12H6F4OS. The lowest BCUT2D eigenvalue weighted by Gasteiger charge is -2.13. The van der Waals surface area contributed by atoms with Crippen molar-refractivity contribution in [2.45, 2.75) is 5.92 Å². The molecule has 1 aromatic carbocycles. The van der Waals surface area contributed by atoms with Gasteiger partial charge in [-0.15, -0.1) is 11.3 Å². The minimum atomic E-state index is -3.81. The van der Waals surface area contributed by atoms with Crippen LogP contribution < -0.4 is 0 Å². The van der Waals surface area contributed by atoms with E-state index in [2.05, 4.69) is 0 Å². The third-order valence-electron chi connectivity index (χ3n) is 2.29. The minimum absolute atomic E-state index is 0.401. The first kappa shape index (κ1) is 12.8. The largest absolute Gasteiger partial charge is 0.343 e. The Morgan fingerprint density at radius 1 is 1.17 bits per heavy atom. The quantitative estimate of drug-likeness (QED) is 0.610. The molecule has 6 heteroatoms. The van der Waals surface area contributed by atoms with Gasteiger partial charge >= 0.3 is 5.92 Å². The number of halogens is 4. The first-order chi connectivity index (χ1) is 8.43. The summed E-state index contributed by atoms with van der Waals surface area (Å²) in [4.78, 5) is 11.1. The first-order valence-electron chi connectivity index (χ1n) is 4.84. The van der Waals surface area contributed by atoms with Crippen molar-refractivity contribution in [1.82, 2.24) is 0 Å². The van der Waals surface area contributed by atoms with Gasteiger partial charge in [-0.25, -0.2) is 8.78 Å². The first-order valence-corrected chi connectivity index (χ1v) is 5.72. The molecule has 0 spiro atoms. The maximum atomic E-state index is 13.7. The highest BCUT2D eigenvalue weighted by atomic mass is 32.1. The van der Waals surface area contributed by atoms with Crippen molar-refractivity contribution in [1.29, 1.82) is 0 Å². The SMILES string of the molecule is O=C(c1ccc(F)cc1F)C(F)(F)c1cccs1. The highest BCUT2D eigenvalue weighted by Crippen LogP contribution is 2.35. The fourth-order valence-electron chi connectivity index (χ4n) is 1.41. The lowest BCUT2D eigenvalue weighted by molar-refractivity contribution is 0.00934. The van der Waals surface area contributed by atoms with E-state index in [-0.39, 0.29) is 0 Å². The summed E-state index contributed by atoms with van der Waals surface area (Å²) in [5, 5.41) is 1.39. The molecule has 0 bridgehead atoms. The molecule has 0 saturated heterocycles. The van der Waals surface area contributed by atoms with Gasteiger partial charge in [0.2, 0.25) is 5.78 Å². The molecule has 0 aliphatic rings. The molecule has 1 nitrogen and oxygen atoms in total. The standard InChI is InChI=1S/C12H6F4OS/c13-7-3-4-8(9(14)6-7)11(17)12(15,16)10-2-1-5-18-10/h1-6H. The molecule has 0 N–H and O–H groups in total. The topological polar surface area (TPSA) is 17.1 Å². The van der Waals surface area contributed by atoms with Crippen LogP contribution in [0, 0.1) is 11.6 Å². The summed E-state index contributed by atoms with van der Waals surface area (Å²) in [5.74, 6) is -7.71. The number of rotatable bonds is 3. The molecule has 0 radical (unpaired) electrons. The van der Waals surface area contributed by atoms with Crippen molar-refractivity contribution in [3.05, 3.63) is 57.8 Å². The Bertz CT molecular complexity index is 578. The Hall–Kier alpha value is -1.69. The zero-order chi connectivity index (χ0) is 13.3. The molecule has 1 aromatic heterocycles. The smallest absolute Gasteiger partial charge is 0.287 e. The average molecular weight is 274 g/mol. The fourth-order valence-corrected chi connectivity index (χ4v) is 2.11. The van der Waals surface area contributed by atoms with Crippen molar-refractivity contribution in [3.63, 3.8) is 0 Å². The minimum Gasteiger partial charge on any atom is -0.287 e. The van der Waals surface area contributed by atoms with Crippen LogP contribution in [0.5, 0.6) is 0 Å². The highest BCUT2D eigenvalue weighted by molar-refractivity contribution is 7.10. The predicted molar refractivity (Wildman–Crippen MR) is 58.9 cm³/mol. The van der Waals surface area contributed by atoms with Gasteiger partial charge in [-0.2, -0.15) is 8.78 Å². The number of alkyl halides is 2. The number of carbonyl (C=O) groups is 1. The molecule has 0 unspecified atom stereocenters. The van der Waals surface area contributed by atoms with Crippen LogP contribution in [-0.4, -0.2) is 5.78 Å². The van der Waals surface area contributed by atoms with Gasteiger partial charge in [0, 0.05) is 6.07 Å². The van der Waals surface area contributed by atoms with E-state index in [4.69, 9.17) is 0 Å². The third kappa shape index (κ3) is 2.15. The van der Waals surface area contributed by atoms with Gasteiger partial charge in [-0.05, 0) is 23.6 Å². The Morgan fingerprint density at radius 2 is 1.89 bits per heavy atom. The van der Waals surface area contributed by atoms with Crippen LogP contribution in [0.25, 0.3) is 0 Å². The Morgan fingerprint density at radius 3 is 2.44 bits per heavy atom. The summed E-state index contributed by atoms with van der Waals surface area (Å²) in [6.07, 6.45) is 0.